The summed E-state index contributed by atoms with van der Waals surface area (Å²) in [6, 6.07) is 40.8. The minimum absolute atomic E-state index is 0.921. The maximum atomic E-state index is 7.24. The third-order valence-electron chi connectivity index (χ3n) is 7.54. The van der Waals surface area contributed by atoms with Gasteiger partial charge in [0.2, 0.25) is 0 Å². The first-order valence-electron chi connectivity index (χ1n) is 15.8. The number of rotatable bonds is 4. The lowest BCUT2D eigenvalue weighted by Gasteiger charge is -2.42. The summed E-state index contributed by atoms with van der Waals surface area (Å²) in [5.41, 5.74) is -3.68. The van der Waals surface area contributed by atoms with Crippen LogP contribution in [0.5, 0.6) is 0 Å². The van der Waals surface area contributed by atoms with Crippen molar-refractivity contribution in [3.05, 3.63) is 121 Å². The van der Waals surface area contributed by atoms with E-state index in [0.717, 1.165) is 20.7 Å². The van der Waals surface area contributed by atoms with E-state index in [1.165, 1.54) is 0 Å². The Morgan fingerprint density at radius 3 is 0.674 bits per heavy atom. The van der Waals surface area contributed by atoms with Gasteiger partial charge < -0.3 is 17.7 Å². The van der Waals surface area contributed by atoms with Crippen LogP contribution in [-0.4, -0.2) is 39.5 Å². The third kappa shape index (κ3) is 7.62. The van der Waals surface area contributed by atoms with Crippen molar-refractivity contribution in [2.24, 2.45) is 0 Å². The van der Waals surface area contributed by atoms with Crippen LogP contribution in [0.15, 0.2) is 121 Å². The molecule has 6 heteroatoms. The lowest BCUT2D eigenvalue weighted by molar-refractivity contribution is 0.0536. The van der Waals surface area contributed by atoms with Crippen LogP contribution >= 0.6 is 0 Å². The summed E-state index contributed by atoms with van der Waals surface area (Å²) < 4.78 is 29.0. The van der Waals surface area contributed by atoms with Gasteiger partial charge in [-0.2, -0.15) is 0 Å². The molecule has 0 radical (unpaired) electrons. The second kappa shape index (κ2) is 12.8. The molecular weight excluding hydrogens is 601 g/mol. The zero-order valence-electron chi connectivity index (χ0n) is 28.2. The molecule has 1 aliphatic heterocycles. The highest BCUT2D eigenvalue weighted by molar-refractivity contribution is 6.93. The van der Waals surface area contributed by atoms with Gasteiger partial charge in [0.25, 0.3) is 0 Å². The highest BCUT2D eigenvalue weighted by atomic mass is 28.4. The monoisotopic (exact) mass is 644 g/mol. The van der Waals surface area contributed by atoms with Crippen molar-refractivity contribution in [1.29, 1.82) is 0 Å². The second-order valence-corrected chi connectivity index (χ2v) is 19.2. The van der Waals surface area contributed by atoms with Gasteiger partial charge in [-0.05, 0) is 76.1 Å². The topological polar surface area (TPSA) is 36.9 Å². The first kappa shape index (κ1) is 33.6. The summed E-state index contributed by atoms with van der Waals surface area (Å²) in [4.78, 5) is 0. The molecular formula is C40H44O4Si2. The Hall–Kier alpha value is -3.73. The third-order valence-corrected chi connectivity index (χ3v) is 15.1. The lowest BCUT2D eigenvalue weighted by Crippen LogP contribution is -2.69. The molecule has 4 nitrogen and oxygen atoms in total. The van der Waals surface area contributed by atoms with Gasteiger partial charge in [0, 0.05) is 0 Å². The second-order valence-electron chi connectivity index (χ2n) is 13.6. The fraction of sp³-hybridized carbons (Fsp3) is 0.300. The van der Waals surface area contributed by atoms with Crippen molar-refractivity contribution < 1.29 is 17.7 Å². The summed E-state index contributed by atoms with van der Waals surface area (Å²) in [6.07, 6.45) is 0. The molecule has 1 aliphatic rings. The van der Waals surface area contributed by atoms with Gasteiger partial charge in [0.05, 0.1) is 0 Å². The van der Waals surface area contributed by atoms with Crippen molar-refractivity contribution in [2.75, 3.05) is 0 Å². The average Bonchev–Trinajstić information content (AvgIpc) is 3.03. The quantitative estimate of drug-likeness (QED) is 0.211. The highest BCUT2D eigenvalue weighted by Gasteiger charge is 2.52. The van der Waals surface area contributed by atoms with Gasteiger partial charge in [-0.3, -0.25) is 0 Å². The Labute approximate surface area is 277 Å². The zero-order chi connectivity index (χ0) is 33.1. The minimum atomic E-state index is -3.41. The van der Waals surface area contributed by atoms with Crippen LogP contribution in [0.4, 0.5) is 0 Å². The SMILES string of the molecule is CC1(C)C#CC(C)(C)O[Si](c2ccccc2)(c2ccccc2)OC(C)(C)C#CC(C)(C)O[Si](c2ccccc2)(c2ccccc2)O1. The van der Waals surface area contributed by atoms with Crippen molar-refractivity contribution in [1.82, 2.24) is 0 Å². The van der Waals surface area contributed by atoms with E-state index in [9.17, 15) is 0 Å². The average molecular weight is 645 g/mol. The molecule has 4 aromatic rings. The number of hydrogen-bond donors (Lipinski definition) is 0. The van der Waals surface area contributed by atoms with Gasteiger partial charge in [0.15, 0.2) is 0 Å². The van der Waals surface area contributed by atoms with Crippen molar-refractivity contribution >= 4 is 37.9 Å². The van der Waals surface area contributed by atoms with Crippen molar-refractivity contribution in [2.45, 2.75) is 77.8 Å². The van der Waals surface area contributed by atoms with Gasteiger partial charge in [0.1, 0.15) is 22.4 Å². The van der Waals surface area contributed by atoms with Crippen molar-refractivity contribution in [3.63, 3.8) is 0 Å². The molecule has 0 spiro atoms. The van der Waals surface area contributed by atoms with E-state index in [2.05, 4.69) is 72.2 Å². The predicted molar refractivity (Wildman–Crippen MR) is 192 cm³/mol. The Bertz CT molecular complexity index is 1480. The van der Waals surface area contributed by atoms with E-state index in [-0.39, 0.29) is 0 Å². The van der Waals surface area contributed by atoms with E-state index in [4.69, 9.17) is 17.7 Å². The molecule has 46 heavy (non-hydrogen) atoms. The molecule has 0 aliphatic carbocycles. The molecule has 236 valence electrons. The Kier molecular flexibility index (Phi) is 9.37. The molecule has 1 heterocycles. The molecule has 0 saturated heterocycles. The van der Waals surface area contributed by atoms with Gasteiger partial charge >= 0.3 is 17.1 Å². The fourth-order valence-corrected chi connectivity index (χ4v) is 12.9. The minimum Gasteiger partial charge on any atom is -0.371 e. The van der Waals surface area contributed by atoms with E-state index in [0.29, 0.717) is 0 Å². The number of hydrogen-bond acceptors (Lipinski definition) is 4. The molecule has 0 aromatic heterocycles. The van der Waals surface area contributed by atoms with Crippen LogP contribution in [0, 0.1) is 23.7 Å². The van der Waals surface area contributed by atoms with Gasteiger partial charge in [-0.25, -0.2) is 0 Å². The van der Waals surface area contributed by atoms with Gasteiger partial charge in [-0.1, -0.05) is 145 Å². The predicted octanol–water partition coefficient (Wildman–Crippen LogP) is 5.70. The van der Waals surface area contributed by atoms with Gasteiger partial charge in [-0.15, -0.1) is 0 Å². The van der Waals surface area contributed by atoms with Crippen molar-refractivity contribution in [3.8, 4) is 23.7 Å². The molecule has 0 N–H and O–H groups in total. The van der Waals surface area contributed by atoms with Crippen LogP contribution in [0.25, 0.3) is 0 Å². The fourth-order valence-electron chi connectivity index (χ4n) is 5.62. The Morgan fingerprint density at radius 2 is 0.500 bits per heavy atom. The van der Waals surface area contributed by atoms with Crippen LogP contribution in [-0.2, 0) is 17.7 Å². The maximum absolute atomic E-state index is 7.24. The van der Waals surface area contributed by atoms with E-state index in [1.807, 2.05) is 128 Å². The first-order chi connectivity index (χ1) is 21.7. The molecule has 5 rings (SSSR count). The standard InChI is InChI=1S/C40H44O4Si2/c1-37(2)29-30-38(3,4)43-46(35-25-17-11-18-26-35,36-27-19-12-20-28-36)44-40(7,8)32-31-39(5,6)42-45(41-37,33-21-13-9-14-22-33)34-23-15-10-16-24-34/h9-28H,1-8H3. The van der Waals surface area contributed by atoms with Crippen LogP contribution in [0.2, 0.25) is 0 Å². The van der Waals surface area contributed by atoms with Crippen LogP contribution in [0.3, 0.4) is 0 Å². The summed E-state index contributed by atoms with van der Waals surface area (Å²) >= 11 is 0. The Morgan fingerprint density at radius 1 is 0.326 bits per heavy atom. The molecule has 0 unspecified atom stereocenters. The number of benzene rings is 4. The maximum Gasteiger partial charge on any atom is 0.409 e. The highest BCUT2D eigenvalue weighted by Crippen LogP contribution is 2.28. The summed E-state index contributed by atoms with van der Waals surface area (Å²) in [7, 11) is -6.83. The summed E-state index contributed by atoms with van der Waals surface area (Å²) in [6.45, 7) is 16.0. The van der Waals surface area contributed by atoms with Crippen LogP contribution in [0.1, 0.15) is 55.4 Å². The lowest BCUT2D eigenvalue weighted by atomic mass is 10.1. The summed E-state index contributed by atoms with van der Waals surface area (Å²) in [5, 5.41) is 3.90. The first-order valence-corrected chi connectivity index (χ1v) is 19.4. The Balaban J connectivity index is 1.76. The van der Waals surface area contributed by atoms with E-state index in [1.54, 1.807) is 0 Å². The van der Waals surface area contributed by atoms with E-state index >= 15 is 0 Å². The molecule has 4 aromatic carbocycles. The molecule has 0 atom stereocenters. The molecule has 0 amide bonds. The zero-order valence-corrected chi connectivity index (χ0v) is 30.2. The van der Waals surface area contributed by atoms with E-state index < -0.39 is 39.5 Å². The summed E-state index contributed by atoms with van der Waals surface area (Å²) in [5.74, 6) is 13.9. The largest absolute Gasteiger partial charge is 0.409 e. The molecule has 0 saturated carbocycles. The molecule has 0 bridgehead atoms. The molecule has 0 fully saturated rings. The smallest absolute Gasteiger partial charge is 0.371 e. The normalized spacial score (nSPS) is 20.9. The van der Waals surface area contributed by atoms with Crippen LogP contribution < -0.4 is 20.7 Å².